The van der Waals surface area contributed by atoms with Crippen LogP contribution in [0.5, 0.6) is 0 Å². The van der Waals surface area contributed by atoms with E-state index in [4.69, 9.17) is 4.74 Å². The number of rotatable bonds is 2. The van der Waals surface area contributed by atoms with Gasteiger partial charge in [0.15, 0.2) is 0 Å². The topological polar surface area (TPSA) is 52.6 Å². The molecule has 4 heteroatoms. The van der Waals surface area contributed by atoms with Crippen LogP contribution in [0.15, 0.2) is 0 Å². The molecule has 86 valence electrons. The van der Waals surface area contributed by atoms with Gasteiger partial charge in [0.1, 0.15) is 5.60 Å². The van der Waals surface area contributed by atoms with Crippen LogP contribution in [0.2, 0.25) is 0 Å². The highest BCUT2D eigenvalue weighted by Crippen LogP contribution is 2.36. The number of methoxy groups -OCH3 is 1. The van der Waals surface area contributed by atoms with E-state index in [1.807, 2.05) is 20.8 Å². The normalized spacial score (nSPS) is 25.3. The predicted molar refractivity (Wildman–Crippen MR) is 54.1 cm³/mol. The van der Waals surface area contributed by atoms with Crippen molar-refractivity contribution in [2.75, 3.05) is 7.11 Å². The first kappa shape index (κ1) is 12.0. The smallest absolute Gasteiger partial charge is 0.310 e. The van der Waals surface area contributed by atoms with Gasteiger partial charge in [-0.15, -0.1) is 0 Å². The van der Waals surface area contributed by atoms with Gasteiger partial charge in [-0.05, 0) is 33.6 Å². The Balaban J connectivity index is 2.51. The van der Waals surface area contributed by atoms with E-state index >= 15 is 0 Å². The van der Waals surface area contributed by atoms with Gasteiger partial charge in [0.05, 0.1) is 18.9 Å². The molecule has 0 spiro atoms. The van der Waals surface area contributed by atoms with Crippen molar-refractivity contribution >= 4 is 11.9 Å². The second-order valence-electron chi connectivity index (χ2n) is 4.85. The number of hydrogen-bond donors (Lipinski definition) is 0. The van der Waals surface area contributed by atoms with E-state index in [1.165, 1.54) is 7.11 Å². The first-order valence-corrected chi connectivity index (χ1v) is 5.16. The highest BCUT2D eigenvalue weighted by molar-refractivity contribution is 5.84. The molecule has 0 aliphatic heterocycles. The van der Waals surface area contributed by atoms with Gasteiger partial charge in [0.2, 0.25) is 0 Å². The summed E-state index contributed by atoms with van der Waals surface area (Å²) in [6.45, 7) is 5.45. The third-order valence-corrected chi connectivity index (χ3v) is 2.49. The molecule has 0 amide bonds. The summed E-state index contributed by atoms with van der Waals surface area (Å²) in [6, 6.07) is 0. The molecule has 0 aromatic heterocycles. The van der Waals surface area contributed by atoms with Crippen LogP contribution < -0.4 is 0 Å². The lowest BCUT2D eigenvalue weighted by Gasteiger charge is -2.34. The van der Waals surface area contributed by atoms with Crippen molar-refractivity contribution in [2.24, 2.45) is 11.8 Å². The van der Waals surface area contributed by atoms with Crippen molar-refractivity contribution in [3.8, 4) is 0 Å². The lowest BCUT2D eigenvalue weighted by molar-refractivity contribution is -0.173. The van der Waals surface area contributed by atoms with Crippen LogP contribution in [0.25, 0.3) is 0 Å². The average Bonchev–Trinajstić information content (AvgIpc) is 1.97. The van der Waals surface area contributed by atoms with E-state index in [-0.39, 0.29) is 23.8 Å². The Morgan fingerprint density at radius 3 is 1.87 bits per heavy atom. The summed E-state index contributed by atoms with van der Waals surface area (Å²) in [5, 5.41) is 0. The largest absolute Gasteiger partial charge is 0.469 e. The molecule has 0 N–H and O–H groups in total. The fourth-order valence-electron chi connectivity index (χ4n) is 1.59. The van der Waals surface area contributed by atoms with Crippen molar-refractivity contribution in [2.45, 2.75) is 39.2 Å². The molecule has 1 aliphatic carbocycles. The maximum atomic E-state index is 11.6. The fraction of sp³-hybridized carbons (Fsp3) is 0.818. The van der Waals surface area contributed by atoms with Crippen molar-refractivity contribution in [3.05, 3.63) is 0 Å². The molecule has 2 atom stereocenters. The van der Waals surface area contributed by atoms with Crippen LogP contribution in [0, 0.1) is 11.8 Å². The van der Waals surface area contributed by atoms with Gasteiger partial charge in [-0.2, -0.15) is 0 Å². The second kappa shape index (κ2) is 4.21. The van der Waals surface area contributed by atoms with Crippen LogP contribution in [0.4, 0.5) is 0 Å². The summed E-state index contributed by atoms with van der Waals surface area (Å²) < 4.78 is 9.84. The molecule has 0 unspecified atom stereocenters. The Morgan fingerprint density at radius 1 is 1.07 bits per heavy atom. The molecule has 0 bridgehead atoms. The van der Waals surface area contributed by atoms with E-state index in [9.17, 15) is 9.59 Å². The number of ether oxygens (including phenoxy) is 2. The number of carbonyl (C=O) groups is 2. The standard InChI is InChI=1S/C11H18O4/c1-11(2,3)15-10(13)8-6-5-7(8)9(12)14-4/h7-8H,5-6H2,1-4H3/t7-,8+/m1/s1. The van der Waals surface area contributed by atoms with Crippen LogP contribution in [0.3, 0.4) is 0 Å². The number of carbonyl (C=O) groups excluding carboxylic acids is 2. The molecule has 0 aromatic rings. The maximum absolute atomic E-state index is 11.6. The molecule has 1 aliphatic rings. The van der Waals surface area contributed by atoms with Crippen LogP contribution >= 0.6 is 0 Å². The Kier molecular flexibility index (Phi) is 3.37. The molecule has 1 fully saturated rings. The minimum Gasteiger partial charge on any atom is -0.469 e. The van der Waals surface area contributed by atoms with E-state index in [0.29, 0.717) is 6.42 Å². The van der Waals surface area contributed by atoms with Gasteiger partial charge in [0, 0.05) is 0 Å². The lowest BCUT2D eigenvalue weighted by Crippen LogP contribution is -2.42. The maximum Gasteiger partial charge on any atom is 0.310 e. The second-order valence-corrected chi connectivity index (χ2v) is 4.85. The van der Waals surface area contributed by atoms with Crippen LogP contribution in [-0.4, -0.2) is 24.6 Å². The molecule has 0 aromatic carbocycles. The van der Waals surface area contributed by atoms with E-state index < -0.39 is 5.60 Å². The van der Waals surface area contributed by atoms with E-state index in [2.05, 4.69) is 4.74 Å². The minimum atomic E-state index is -0.493. The Hall–Kier alpha value is -1.06. The van der Waals surface area contributed by atoms with Crippen molar-refractivity contribution in [1.82, 2.24) is 0 Å². The molecular formula is C11H18O4. The first-order chi connectivity index (χ1) is 6.85. The highest BCUT2D eigenvalue weighted by atomic mass is 16.6. The Morgan fingerprint density at radius 2 is 1.53 bits per heavy atom. The zero-order valence-corrected chi connectivity index (χ0v) is 9.70. The zero-order valence-electron chi connectivity index (χ0n) is 9.70. The number of hydrogen-bond acceptors (Lipinski definition) is 4. The molecule has 0 heterocycles. The molecule has 0 saturated heterocycles. The third-order valence-electron chi connectivity index (χ3n) is 2.49. The van der Waals surface area contributed by atoms with Crippen molar-refractivity contribution < 1.29 is 19.1 Å². The van der Waals surface area contributed by atoms with Gasteiger partial charge in [-0.3, -0.25) is 9.59 Å². The molecular weight excluding hydrogens is 196 g/mol. The summed E-state index contributed by atoms with van der Waals surface area (Å²) in [6.07, 6.45) is 1.44. The monoisotopic (exact) mass is 214 g/mol. The summed E-state index contributed by atoms with van der Waals surface area (Å²) in [4.78, 5) is 22.9. The summed E-state index contributed by atoms with van der Waals surface area (Å²) in [5.74, 6) is -1.21. The van der Waals surface area contributed by atoms with Gasteiger partial charge < -0.3 is 9.47 Å². The lowest BCUT2D eigenvalue weighted by atomic mass is 9.73. The van der Waals surface area contributed by atoms with Gasteiger partial charge in [-0.25, -0.2) is 0 Å². The Labute approximate surface area is 89.9 Å². The summed E-state index contributed by atoms with van der Waals surface area (Å²) >= 11 is 0. The van der Waals surface area contributed by atoms with E-state index in [0.717, 1.165) is 6.42 Å². The zero-order chi connectivity index (χ0) is 11.6. The van der Waals surface area contributed by atoms with Crippen LogP contribution in [-0.2, 0) is 19.1 Å². The molecule has 1 saturated carbocycles. The molecule has 15 heavy (non-hydrogen) atoms. The third kappa shape index (κ3) is 2.94. The summed E-state index contributed by atoms with van der Waals surface area (Å²) in [7, 11) is 1.34. The van der Waals surface area contributed by atoms with Crippen LogP contribution in [0.1, 0.15) is 33.6 Å². The molecule has 4 nitrogen and oxygen atoms in total. The predicted octanol–water partition coefficient (Wildman–Crippen LogP) is 1.53. The van der Waals surface area contributed by atoms with Crippen molar-refractivity contribution in [1.29, 1.82) is 0 Å². The SMILES string of the molecule is COC(=O)[C@@H]1CC[C@@H]1C(=O)OC(C)(C)C. The minimum absolute atomic E-state index is 0.288. The molecule has 0 radical (unpaired) electrons. The average molecular weight is 214 g/mol. The fourth-order valence-corrected chi connectivity index (χ4v) is 1.59. The van der Waals surface area contributed by atoms with Gasteiger partial charge in [-0.1, -0.05) is 0 Å². The highest BCUT2D eigenvalue weighted by Gasteiger charge is 2.44. The molecule has 1 rings (SSSR count). The van der Waals surface area contributed by atoms with Gasteiger partial charge >= 0.3 is 11.9 Å². The number of esters is 2. The quantitative estimate of drug-likeness (QED) is 0.654. The Bertz CT molecular complexity index is 264. The van der Waals surface area contributed by atoms with Gasteiger partial charge in [0.25, 0.3) is 0 Å². The first-order valence-electron chi connectivity index (χ1n) is 5.16. The van der Waals surface area contributed by atoms with E-state index in [1.54, 1.807) is 0 Å². The summed E-state index contributed by atoms with van der Waals surface area (Å²) in [5.41, 5.74) is -0.493. The van der Waals surface area contributed by atoms with Crippen molar-refractivity contribution in [3.63, 3.8) is 0 Å².